The lowest BCUT2D eigenvalue weighted by atomic mass is 10.0. The van der Waals surface area contributed by atoms with Gasteiger partial charge in [0.1, 0.15) is 18.7 Å². The lowest BCUT2D eigenvalue weighted by Crippen LogP contribution is -2.44. The molecular weight excluding hydrogens is 541 g/mol. The standard InChI is InChI=1S/C24H23F3N6O5S/c1-23(2,32-13-5-3-4-12(8-13)20(36)28-11-17(35)38-7-6-34)21(37)31-22-30-18-15(24(25,26)27)9-16-14(10-29-33-16)19(18)39-22/h3-5,8-10,32,34H,6-7,11H2,1-2H3,(H,28,36)(H,29,33)(H,30,31,37). The molecule has 4 aromatic rings. The van der Waals surface area contributed by atoms with Crippen LogP contribution in [0.5, 0.6) is 0 Å². The number of nitrogens with one attached hydrogen (secondary N) is 4. The normalized spacial score (nSPS) is 11.9. The Hall–Kier alpha value is -4.24. The van der Waals surface area contributed by atoms with E-state index in [9.17, 15) is 27.6 Å². The minimum atomic E-state index is -4.66. The molecule has 0 aliphatic rings. The van der Waals surface area contributed by atoms with Crippen LogP contribution < -0.4 is 16.0 Å². The van der Waals surface area contributed by atoms with E-state index in [0.717, 1.165) is 17.4 Å². The summed E-state index contributed by atoms with van der Waals surface area (Å²) in [6.07, 6.45) is -3.26. The number of benzene rings is 2. The molecule has 0 bridgehead atoms. The van der Waals surface area contributed by atoms with E-state index in [0.29, 0.717) is 11.1 Å². The third-order valence-electron chi connectivity index (χ3n) is 5.51. The monoisotopic (exact) mass is 564 g/mol. The number of aliphatic hydroxyl groups is 1. The van der Waals surface area contributed by atoms with Crippen LogP contribution >= 0.6 is 11.3 Å². The highest BCUT2D eigenvalue weighted by atomic mass is 32.1. The highest BCUT2D eigenvalue weighted by Crippen LogP contribution is 2.41. The third kappa shape index (κ3) is 6.26. The first kappa shape index (κ1) is 27.8. The van der Waals surface area contributed by atoms with E-state index in [1.165, 1.54) is 18.3 Å². The zero-order chi connectivity index (χ0) is 28.4. The topological polar surface area (TPSA) is 158 Å². The van der Waals surface area contributed by atoms with Crippen LogP contribution in [-0.2, 0) is 20.5 Å². The number of fused-ring (bicyclic) bond motifs is 3. The largest absolute Gasteiger partial charge is 0.462 e. The Labute approximate surface area is 222 Å². The molecule has 206 valence electrons. The Morgan fingerprint density at radius 1 is 1.18 bits per heavy atom. The molecule has 2 aromatic heterocycles. The van der Waals surface area contributed by atoms with Gasteiger partial charge in [-0.1, -0.05) is 17.4 Å². The number of ether oxygens (including phenoxy) is 1. The lowest BCUT2D eigenvalue weighted by Gasteiger charge is -2.26. The molecule has 0 fully saturated rings. The van der Waals surface area contributed by atoms with E-state index in [-0.39, 0.29) is 39.6 Å². The molecule has 0 radical (unpaired) electrons. The van der Waals surface area contributed by atoms with Crippen molar-refractivity contribution in [2.75, 3.05) is 30.4 Å². The fourth-order valence-electron chi connectivity index (χ4n) is 3.63. The van der Waals surface area contributed by atoms with Gasteiger partial charge in [0.05, 0.1) is 34.1 Å². The number of carbonyl (C=O) groups is 3. The molecule has 0 atom stereocenters. The summed E-state index contributed by atoms with van der Waals surface area (Å²) < 4.78 is 45.9. The summed E-state index contributed by atoms with van der Waals surface area (Å²) in [7, 11) is 0. The molecule has 2 aromatic carbocycles. The molecule has 2 heterocycles. The number of hydrogen-bond donors (Lipinski definition) is 5. The summed E-state index contributed by atoms with van der Waals surface area (Å²) in [6.45, 7) is 2.19. The predicted molar refractivity (Wildman–Crippen MR) is 137 cm³/mol. The molecule has 39 heavy (non-hydrogen) atoms. The highest BCUT2D eigenvalue weighted by molar-refractivity contribution is 7.23. The summed E-state index contributed by atoms with van der Waals surface area (Å²) in [5.41, 5.74) is -1.72. The van der Waals surface area contributed by atoms with Gasteiger partial charge in [-0.3, -0.25) is 24.8 Å². The number of rotatable bonds is 9. The van der Waals surface area contributed by atoms with Crippen LogP contribution in [0.15, 0.2) is 36.5 Å². The molecule has 0 saturated carbocycles. The van der Waals surface area contributed by atoms with Gasteiger partial charge < -0.3 is 20.5 Å². The number of hydrogen-bond acceptors (Lipinski definition) is 9. The van der Waals surface area contributed by atoms with Crippen LogP contribution in [0.2, 0.25) is 0 Å². The van der Waals surface area contributed by atoms with Gasteiger partial charge in [0.25, 0.3) is 11.8 Å². The number of halogens is 3. The Kier molecular flexibility index (Phi) is 7.74. The minimum Gasteiger partial charge on any atom is -0.462 e. The first-order valence-electron chi connectivity index (χ1n) is 11.5. The van der Waals surface area contributed by atoms with E-state index >= 15 is 0 Å². The zero-order valence-corrected chi connectivity index (χ0v) is 21.4. The second-order valence-corrected chi connectivity index (χ2v) is 9.86. The van der Waals surface area contributed by atoms with Crippen LogP contribution in [0, 0.1) is 0 Å². The van der Waals surface area contributed by atoms with E-state index in [4.69, 9.17) is 5.11 Å². The zero-order valence-electron chi connectivity index (χ0n) is 20.6. The average molecular weight is 565 g/mol. The number of aromatic nitrogens is 3. The second-order valence-electron chi connectivity index (χ2n) is 8.86. The maximum Gasteiger partial charge on any atom is 0.418 e. The predicted octanol–water partition coefficient (Wildman–Crippen LogP) is 3.29. The van der Waals surface area contributed by atoms with Gasteiger partial charge >= 0.3 is 12.1 Å². The Bertz CT molecular complexity index is 1550. The van der Waals surface area contributed by atoms with Crippen molar-refractivity contribution in [1.82, 2.24) is 20.5 Å². The average Bonchev–Trinajstić information content (AvgIpc) is 3.51. The van der Waals surface area contributed by atoms with Gasteiger partial charge in [-0.05, 0) is 38.1 Å². The molecular formula is C24H23F3N6O5S. The minimum absolute atomic E-state index is 0.0229. The molecule has 0 saturated heterocycles. The Balaban J connectivity index is 1.48. The van der Waals surface area contributed by atoms with Crippen molar-refractivity contribution >= 4 is 61.1 Å². The molecule has 0 unspecified atom stereocenters. The quantitative estimate of drug-likeness (QED) is 0.194. The van der Waals surface area contributed by atoms with Gasteiger partial charge in [0.2, 0.25) is 0 Å². The summed E-state index contributed by atoms with van der Waals surface area (Å²) in [5, 5.41) is 23.4. The maximum absolute atomic E-state index is 13.7. The van der Waals surface area contributed by atoms with Crippen molar-refractivity contribution in [3.63, 3.8) is 0 Å². The molecule has 0 aliphatic heterocycles. The molecule has 5 N–H and O–H groups in total. The molecule has 11 nitrogen and oxygen atoms in total. The van der Waals surface area contributed by atoms with Gasteiger partial charge in [0.15, 0.2) is 5.13 Å². The number of nitrogens with zero attached hydrogens (tertiary/aromatic N) is 2. The number of thiazole rings is 1. The number of esters is 1. The summed E-state index contributed by atoms with van der Waals surface area (Å²) in [4.78, 5) is 41.1. The van der Waals surface area contributed by atoms with Crippen LogP contribution in [0.25, 0.3) is 21.1 Å². The van der Waals surface area contributed by atoms with Crippen LogP contribution in [0.1, 0.15) is 29.8 Å². The first-order valence-corrected chi connectivity index (χ1v) is 12.3. The Morgan fingerprint density at radius 2 is 1.95 bits per heavy atom. The molecule has 0 aliphatic carbocycles. The van der Waals surface area contributed by atoms with Gasteiger partial charge in [-0.2, -0.15) is 18.3 Å². The highest BCUT2D eigenvalue weighted by Gasteiger charge is 2.36. The smallest absolute Gasteiger partial charge is 0.418 e. The summed E-state index contributed by atoms with van der Waals surface area (Å²) >= 11 is 0.896. The molecule has 4 rings (SSSR count). The van der Waals surface area contributed by atoms with E-state index < -0.39 is 41.6 Å². The number of carbonyl (C=O) groups excluding carboxylic acids is 3. The number of aromatic amines is 1. The SMILES string of the molecule is CC(C)(Nc1cccc(C(=O)NCC(=O)OCCO)c1)C(=O)Nc1nc2c(C(F)(F)F)cc3[nH]ncc3c2s1. The van der Waals surface area contributed by atoms with Gasteiger partial charge in [-0.15, -0.1) is 0 Å². The number of aliphatic hydroxyl groups excluding tert-OH is 1. The number of amides is 2. The van der Waals surface area contributed by atoms with Crippen molar-refractivity contribution in [3.05, 3.63) is 47.7 Å². The lowest BCUT2D eigenvalue weighted by molar-refractivity contribution is -0.143. The number of anilines is 2. The molecule has 15 heteroatoms. The van der Waals surface area contributed by atoms with Crippen molar-refractivity contribution < 1.29 is 37.4 Å². The molecule has 0 spiro atoms. The fraction of sp³-hybridized carbons (Fsp3) is 0.292. The van der Waals surface area contributed by atoms with Gasteiger partial charge in [-0.25, -0.2) is 4.98 Å². The number of H-pyrrole nitrogens is 1. The van der Waals surface area contributed by atoms with Crippen LogP contribution in [0.3, 0.4) is 0 Å². The third-order valence-corrected chi connectivity index (χ3v) is 6.51. The van der Waals surface area contributed by atoms with Crippen LogP contribution in [-0.4, -0.2) is 63.4 Å². The van der Waals surface area contributed by atoms with Crippen molar-refractivity contribution in [2.24, 2.45) is 0 Å². The second kappa shape index (κ2) is 10.9. The van der Waals surface area contributed by atoms with E-state index in [1.807, 2.05) is 0 Å². The molecule has 2 amide bonds. The summed E-state index contributed by atoms with van der Waals surface area (Å²) in [5.74, 6) is -1.86. The number of alkyl halides is 3. The fourth-order valence-corrected chi connectivity index (χ4v) is 4.63. The van der Waals surface area contributed by atoms with Gasteiger partial charge in [0, 0.05) is 16.6 Å². The van der Waals surface area contributed by atoms with E-state index in [2.05, 4.69) is 35.9 Å². The van der Waals surface area contributed by atoms with Crippen molar-refractivity contribution in [2.45, 2.75) is 25.6 Å². The van der Waals surface area contributed by atoms with E-state index in [1.54, 1.807) is 26.0 Å². The maximum atomic E-state index is 13.7. The summed E-state index contributed by atoms with van der Waals surface area (Å²) in [6, 6.07) is 7.08. The van der Waals surface area contributed by atoms with Crippen LogP contribution in [0.4, 0.5) is 24.0 Å². The van der Waals surface area contributed by atoms with Crippen molar-refractivity contribution in [3.8, 4) is 0 Å². The van der Waals surface area contributed by atoms with Crippen molar-refractivity contribution in [1.29, 1.82) is 0 Å². The first-order chi connectivity index (χ1) is 18.4. The Morgan fingerprint density at radius 3 is 2.67 bits per heavy atom.